The summed E-state index contributed by atoms with van der Waals surface area (Å²) in [6.45, 7) is 4.23. The highest BCUT2D eigenvalue weighted by Crippen LogP contribution is 2.08. The van der Waals surface area contributed by atoms with Gasteiger partial charge in [-0.2, -0.15) is 0 Å². The minimum absolute atomic E-state index is 0.112. The largest absolute Gasteiger partial charge is 0.307 e. The molecule has 0 radical (unpaired) electrons. The minimum atomic E-state index is -2.44. The lowest BCUT2D eigenvalue weighted by molar-refractivity contribution is 0.119. The smallest absolute Gasteiger partial charge is 0.258 e. The zero-order chi connectivity index (χ0) is 11.3. The van der Waals surface area contributed by atoms with E-state index in [2.05, 4.69) is 20.8 Å². The van der Waals surface area contributed by atoms with E-state index in [4.69, 9.17) is 0 Å². The van der Waals surface area contributed by atoms with Crippen molar-refractivity contribution in [2.75, 3.05) is 6.54 Å². The first-order valence-electron chi connectivity index (χ1n) is 4.92. The molecule has 0 spiro atoms. The highest BCUT2D eigenvalue weighted by atomic mass is 19.3. The van der Waals surface area contributed by atoms with Crippen LogP contribution in [0.25, 0.3) is 0 Å². The van der Waals surface area contributed by atoms with Crippen LogP contribution in [0.4, 0.5) is 8.78 Å². The van der Waals surface area contributed by atoms with Crippen LogP contribution in [0, 0.1) is 0 Å². The maximum Gasteiger partial charge on any atom is 0.258 e. The lowest BCUT2D eigenvalue weighted by Gasteiger charge is -2.12. The second kappa shape index (κ2) is 5.69. The van der Waals surface area contributed by atoms with Crippen LogP contribution >= 0.6 is 0 Å². The summed E-state index contributed by atoms with van der Waals surface area (Å²) in [5.41, 5.74) is 0. The number of nitrogens with one attached hydrogen (secondary N) is 1. The Kier molecular flexibility index (Phi) is 4.54. The number of alkyl halides is 2. The van der Waals surface area contributed by atoms with Crippen molar-refractivity contribution in [1.82, 2.24) is 25.5 Å². The van der Waals surface area contributed by atoms with Gasteiger partial charge < -0.3 is 5.32 Å². The lowest BCUT2D eigenvalue weighted by Crippen LogP contribution is -2.24. The number of hydrogen-bond acceptors (Lipinski definition) is 4. The highest BCUT2D eigenvalue weighted by molar-refractivity contribution is 4.89. The van der Waals surface area contributed by atoms with Crippen LogP contribution in [0.5, 0.6) is 0 Å². The summed E-state index contributed by atoms with van der Waals surface area (Å²) >= 11 is 0. The summed E-state index contributed by atoms with van der Waals surface area (Å²) in [6.07, 6.45) is -1.47. The molecule has 0 amide bonds. The number of aromatic nitrogens is 4. The predicted octanol–water partition coefficient (Wildman–Crippen LogP) is 0.999. The molecule has 0 aliphatic rings. The van der Waals surface area contributed by atoms with Crippen molar-refractivity contribution in [2.45, 2.75) is 39.3 Å². The van der Waals surface area contributed by atoms with Crippen molar-refractivity contribution in [3.8, 4) is 0 Å². The summed E-state index contributed by atoms with van der Waals surface area (Å²) < 4.78 is 25.5. The van der Waals surface area contributed by atoms with Gasteiger partial charge in [0.2, 0.25) is 0 Å². The fraction of sp³-hybridized carbons (Fsp3) is 0.875. The van der Waals surface area contributed by atoms with Crippen LogP contribution in [0.15, 0.2) is 0 Å². The van der Waals surface area contributed by atoms with Crippen molar-refractivity contribution in [1.29, 1.82) is 0 Å². The number of rotatable bonds is 6. The number of halogens is 2. The Bertz CT molecular complexity index is 288. The standard InChI is InChI=1S/C8H15F2N5/c1-3-4-11-6(2)8-12-13-14-15(8)5-7(9)10/h6-7,11H,3-5H2,1-2H3. The predicted molar refractivity (Wildman–Crippen MR) is 50.5 cm³/mol. The highest BCUT2D eigenvalue weighted by Gasteiger charge is 2.16. The second-order valence-electron chi connectivity index (χ2n) is 3.29. The molecule has 0 fully saturated rings. The van der Waals surface area contributed by atoms with Gasteiger partial charge in [0.25, 0.3) is 6.43 Å². The Labute approximate surface area is 86.9 Å². The second-order valence-corrected chi connectivity index (χ2v) is 3.29. The van der Waals surface area contributed by atoms with Crippen molar-refractivity contribution >= 4 is 0 Å². The molecular formula is C8H15F2N5. The number of tetrazole rings is 1. The monoisotopic (exact) mass is 219 g/mol. The van der Waals surface area contributed by atoms with Gasteiger partial charge in [0, 0.05) is 0 Å². The Balaban J connectivity index is 2.62. The van der Waals surface area contributed by atoms with Crippen LogP contribution < -0.4 is 5.32 Å². The molecule has 0 saturated carbocycles. The molecule has 0 bridgehead atoms. The molecule has 1 heterocycles. The molecule has 1 rings (SSSR count). The third kappa shape index (κ3) is 3.50. The summed E-state index contributed by atoms with van der Waals surface area (Å²) in [5.74, 6) is 0.448. The van der Waals surface area contributed by atoms with Gasteiger partial charge in [-0.05, 0) is 30.3 Å². The summed E-state index contributed by atoms with van der Waals surface area (Å²) in [5, 5.41) is 13.8. The van der Waals surface area contributed by atoms with E-state index in [0.29, 0.717) is 5.82 Å². The van der Waals surface area contributed by atoms with E-state index in [-0.39, 0.29) is 6.04 Å². The van der Waals surface area contributed by atoms with Gasteiger partial charge in [0.15, 0.2) is 5.82 Å². The number of nitrogens with zero attached hydrogens (tertiary/aromatic N) is 4. The molecule has 0 saturated heterocycles. The van der Waals surface area contributed by atoms with Crippen molar-refractivity contribution in [3.05, 3.63) is 5.82 Å². The molecule has 0 aromatic carbocycles. The number of hydrogen-bond donors (Lipinski definition) is 1. The van der Waals surface area contributed by atoms with Crippen molar-refractivity contribution < 1.29 is 8.78 Å². The van der Waals surface area contributed by atoms with E-state index in [1.807, 2.05) is 13.8 Å². The Morgan fingerprint density at radius 2 is 2.20 bits per heavy atom. The average molecular weight is 219 g/mol. The molecule has 1 N–H and O–H groups in total. The normalized spacial score (nSPS) is 13.4. The van der Waals surface area contributed by atoms with Crippen molar-refractivity contribution in [2.24, 2.45) is 0 Å². The molecule has 0 aliphatic heterocycles. The first-order chi connectivity index (χ1) is 7.15. The molecule has 1 unspecified atom stereocenters. The molecule has 1 aromatic heterocycles. The van der Waals surface area contributed by atoms with Gasteiger partial charge >= 0.3 is 0 Å². The van der Waals surface area contributed by atoms with Crippen LogP contribution in [0.3, 0.4) is 0 Å². The van der Waals surface area contributed by atoms with Gasteiger partial charge in [-0.25, -0.2) is 13.5 Å². The molecule has 1 aromatic rings. The van der Waals surface area contributed by atoms with Crippen LogP contribution in [-0.2, 0) is 6.54 Å². The summed E-state index contributed by atoms with van der Waals surface area (Å²) in [7, 11) is 0. The molecule has 5 nitrogen and oxygen atoms in total. The van der Waals surface area contributed by atoms with Crippen molar-refractivity contribution in [3.63, 3.8) is 0 Å². The molecule has 1 atom stereocenters. The fourth-order valence-corrected chi connectivity index (χ4v) is 1.23. The molecule has 86 valence electrons. The van der Waals surface area contributed by atoms with E-state index in [0.717, 1.165) is 17.6 Å². The van der Waals surface area contributed by atoms with Crippen LogP contribution in [0.1, 0.15) is 32.1 Å². The molecule has 15 heavy (non-hydrogen) atoms. The summed E-state index contributed by atoms with van der Waals surface area (Å²) in [4.78, 5) is 0. The van der Waals surface area contributed by atoms with Gasteiger partial charge in [0.1, 0.15) is 6.54 Å². The lowest BCUT2D eigenvalue weighted by atomic mass is 10.3. The first kappa shape index (κ1) is 12.0. The van der Waals surface area contributed by atoms with Gasteiger partial charge in [-0.1, -0.05) is 6.92 Å². The fourth-order valence-electron chi connectivity index (χ4n) is 1.23. The third-order valence-electron chi connectivity index (χ3n) is 1.96. The average Bonchev–Trinajstić information content (AvgIpc) is 2.61. The van der Waals surface area contributed by atoms with Gasteiger partial charge in [-0.3, -0.25) is 0 Å². The van der Waals surface area contributed by atoms with E-state index in [1.165, 1.54) is 0 Å². The van der Waals surface area contributed by atoms with Gasteiger partial charge in [0.05, 0.1) is 6.04 Å². The Morgan fingerprint density at radius 3 is 2.80 bits per heavy atom. The van der Waals surface area contributed by atoms with E-state index >= 15 is 0 Å². The first-order valence-corrected chi connectivity index (χ1v) is 4.92. The van der Waals surface area contributed by atoms with E-state index in [1.54, 1.807) is 0 Å². The quantitative estimate of drug-likeness (QED) is 0.775. The summed E-state index contributed by atoms with van der Waals surface area (Å²) in [6, 6.07) is -0.112. The molecule has 7 heteroatoms. The Hall–Kier alpha value is -1.11. The van der Waals surface area contributed by atoms with Crippen LogP contribution in [-0.4, -0.2) is 33.2 Å². The topological polar surface area (TPSA) is 55.6 Å². The van der Waals surface area contributed by atoms with Crippen LogP contribution in [0.2, 0.25) is 0 Å². The molecular weight excluding hydrogens is 204 g/mol. The maximum atomic E-state index is 12.2. The zero-order valence-corrected chi connectivity index (χ0v) is 8.82. The third-order valence-corrected chi connectivity index (χ3v) is 1.96. The van der Waals surface area contributed by atoms with E-state index in [9.17, 15) is 8.78 Å². The molecule has 0 aliphatic carbocycles. The Morgan fingerprint density at radius 1 is 1.47 bits per heavy atom. The minimum Gasteiger partial charge on any atom is -0.307 e. The van der Waals surface area contributed by atoms with Gasteiger partial charge in [-0.15, -0.1) is 5.10 Å². The maximum absolute atomic E-state index is 12.2. The zero-order valence-electron chi connectivity index (χ0n) is 8.82. The van der Waals surface area contributed by atoms with E-state index < -0.39 is 13.0 Å². The SMILES string of the molecule is CCCNC(C)c1nnnn1CC(F)F.